The molecule has 0 atom stereocenters. The second kappa shape index (κ2) is 7.88. The number of aromatic nitrogens is 1. The molecule has 0 radical (unpaired) electrons. The van der Waals surface area contributed by atoms with Gasteiger partial charge >= 0.3 is 6.03 Å². The normalized spacial score (nSPS) is 16.5. The topological polar surface area (TPSA) is 66.5 Å². The van der Waals surface area contributed by atoms with Gasteiger partial charge in [-0.05, 0) is 39.0 Å². The van der Waals surface area contributed by atoms with Gasteiger partial charge in [-0.15, -0.1) is 0 Å². The molecule has 1 aromatic heterocycles. The molecule has 1 aliphatic rings. The highest BCUT2D eigenvalue weighted by Gasteiger charge is 2.18. The van der Waals surface area contributed by atoms with Crippen LogP contribution in [0.5, 0.6) is 5.88 Å². The van der Waals surface area contributed by atoms with Gasteiger partial charge in [0.1, 0.15) is 5.82 Å². The Morgan fingerprint density at radius 2 is 2.18 bits per heavy atom. The molecular formula is C14H20F2N4O2. The van der Waals surface area contributed by atoms with E-state index in [4.69, 9.17) is 4.74 Å². The van der Waals surface area contributed by atoms with Gasteiger partial charge in [0.25, 0.3) is 6.43 Å². The fourth-order valence-electron chi connectivity index (χ4n) is 2.20. The molecule has 0 bridgehead atoms. The fourth-order valence-corrected chi connectivity index (χ4v) is 2.20. The molecule has 0 aliphatic carbocycles. The summed E-state index contributed by atoms with van der Waals surface area (Å²) in [6.07, 6.45) is -0.768. The van der Waals surface area contributed by atoms with Crippen LogP contribution in [0.4, 0.5) is 19.4 Å². The Labute approximate surface area is 127 Å². The number of carbonyl (C=O) groups excluding carboxylic acids is 1. The van der Waals surface area contributed by atoms with E-state index in [2.05, 4.69) is 20.5 Å². The minimum Gasteiger partial charge on any atom is -0.472 e. The molecule has 122 valence electrons. The predicted octanol–water partition coefficient (Wildman–Crippen LogP) is 1.94. The van der Waals surface area contributed by atoms with Gasteiger partial charge in [-0.2, -0.15) is 4.98 Å². The van der Waals surface area contributed by atoms with Crippen molar-refractivity contribution in [1.29, 1.82) is 0 Å². The van der Waals surface area contributed by atoms with Crippen molar-refractivity contribution < 1.29 is 18.3 Å². The van der Waals surface area contributed by atoms with Crippen LogP contribution in [0.25, 0.3) is 0 Å². The van der Waals surface area contributed by atoms with Gasteiger partial charge in [-0.3, -0.25) is 5.32 Å². The molecule has 1 saturated heterocycles. The Bertz CT molecular complexity index is 493. The number of pyridine rings is 1. The Morgan fingerprint density at radius 1 is 1.45 bits per heavy atom. The average Bonchev–Trinajstić information content (AvgIpc) is 2.48. The zero-order valence-corrected chi connectivity index (χ0v) is 12.4. The van der Waals surface area contributed by atoms with E-state index in [1.54, 1.807) is 12.1 Å². The van der Waals surface area contributed by atoms with Crippen molar-refractivity contribution in [2.75, 3.05) is 32.1 Å². The molecule has 0 spiro atoms. The number of hydrogen-bond donors (Lipinski definition) is 2. The van der Waals surface area contributed by atoms with Gasteiger partial charge in [0.05, 0.1) is 0 Å². The Hall–Kier alpha value is -1.96. The van der Waals surface area contributed by atoms with Crippen molar-refractivity contribution in [3.05, 3.63) is 18.2 Å². The van der Waals surface area contributed by atoms with Gasteiger partial charge in [-0.25, -0.2) is 13.6 Å². The number of likely N-dealkylation sites (tertiary alicyclic amines) is 1. The first-order chi connectivity index (χ1) is 10.5. The lowest BCUT2D eigenvalue weighted by Gasteiger charge is -2.29. The number of nitrogens with zero attached hydrogens (tertiary/aromatic N) is 2. The number of halogens is 2. The molecule has 2 rings (SSSR count). The maximum Gasteiger partial charge on any atom is 0.320 e. The number of ether oxygens (including phenoxy) is 1. The lowest BCUT2D eigenvalue weighted by Crippen LogP contribution is -2.44. The molecule has 2 heterocycles. The Morgan fingerprint density at radius 3 is 2.86 bits per heavy atom. The van der Waals surface area contributed by atoms with E-state index in [1.165, 1.54) is 6.07 Å². The minimum atomic E-state index is -2.56. The summed E-state index contributed by atoms with van der Waals surface area (Å²) in [7, 11) is 2.05. The van der Waals surface area contributed by atoms with Gasteiger partial charge < -0.3 is 15.0 Å². The summed E-state index contributed by atoms with van der Waals surface area (Å²) in [5.74, 6) is 0.314. The number of alkyl halides is 2. The summed E-state index contributed by atoms with van der Waals surface area (Å²) >= 11 is 0. The molecule has 2 amide bonds. The van der Waals surface area contributed by atoms with Crippen LogP contribution in [0.3, 0.4) is 0 Å². The molecule has 0 unspecified atom stereocenters. The van der Waals surface area contributed by atoms with Crippen molar-refractivity contribution in [2.24, 2.45) is 0 Å². The van der Waals surface area contributed by atoms with Crippen LogP contribution in [0.15, 0.2) is 18.2 Å². The number of anilines is 1. The van der Waals surface area contributed by atoms with Crippen molar-refractivity contribution in [3.8, 4) is 5.88 Å². The molecule has 0 saturated carbocycles. The van der Waals surface area contributed by atoms with E-state index in [0.29, 0.717) is 0 Å². The quantitative estimate of drug-likeness (QED) is 0.872. The first kappa shape index (κ1) is 16.4. The largest absolute Gasteiger partial charge is 0.472 e. The molecule has 0 aromatic carbocycles. The molecule has 8 heteroatoms. The van der Waals surface area contributed by atoms with E-state index in [1.807, 2.05) is 7.05 Å². The monoisotopic (exact) mass is 314 g/mol. The second-order valence-electron chi connectivity index (χ2n) is 5.24. The summed E-state index contributed by atoms with van der Waals surface area (Å²) in [5, 5.41) is 5.47. The molecule has 22 heavy (non-hydrogen) atoms. The van der Waals surface area contributed by atoms with E-state index in [9.17, 15) is 13.6 Å². The van der Waals surface area contributed by atoms with Gasteiger partial charge in [0.15, 0.2) is 6.61 Å². The number of carbonyl (C=O) groups is 1. The fraction of sp³-hybridized carbons (Fsp3) is 0.571. The standard InChI is InChI=1S/C14H20F2N4O2/c1-20-7-5-10(6-8-20)17-14(21)19-12-3-2-4-13(18-12)22-9-11(15)16/h2-4,10-11H,5-9H2,1H3,(H2,17,18,19,21). The number of urea groups is 1. The number of hydrogen-bond acceptors (Lipinski definition) is 4. The van der Waals surface area contributed by atoms with Crippen molar-refractivity contribution >= 4 is 11.8 Å². The van der Waals surface area contributed by atoms with Crippen LogP contribution >= 0.6 is 0 Å². The Kier molecular flexibility index (Phi) is 5.88. The zero-order valence-electron chi connectivity index (χ0n) is 12.4. The third kappa shape index (κ3) is 5.44. The summed E-state index contributed by atoms with van der Waals surface area (Å²) in [5.41, 5.74) is 0. The van der Waals surface area contributed by atoms with Crippen molar-refractivity contribution in [2.45, 2.75) is 25.3 Å². The second-order valence-corrected chi connectivity index (χ2v) is 5.24. The third-order valence-corrected chi connectivity index (χ3v) is 3.38. The van der Waals surface area contributed by atoms with E-state index in [-0.39, 0.29) is 23.8 Å². The Balaban J connectivity index is 1.82. The van der Waals surface area contributed by atoms with E-state index in [0.717, 1.165) is 25.9 Å². The highest BCUT2D eigenvalue weighted by atomic mass is 19.3. The van der Waals surface area contributed by atoms with Crippen LogP contribution in [-0.4, -0.2) is 55.1 Å². The molecule has 1 aliphatic heterocycles. The maximum absolute atomic E-state index is 12.1. The maximum atomic E-state index is 12.1. The summed E-state index contributed by atoms with van der Waals surface area (Å²) in [6, 6.07) is 4.40. The SMILES string of the molecule is CN1CCC(NC(=O)Nc2cccc(OCC(F)F)n2)CC1. The first-order valence-electron chi connectivity index (χ1n) is 7.17. The van der Waals surface area contributed by atoms with Crippen molar-refractivity contribution in [3.63, 3.8) is 0 Å². The summed E-state index contributed by atoms with van der Waals surface area (Å²) in [4.78, 5) is 18.1. The summed E-state index contributed by atoms with van der Waals surface area (Å²) < 4.78 is 29.0. The zero-order chi connectivity index (χ0) is 15.9. The first-order valence-corrected chi connectivity index (χ1v) is 7.17. The van der Waals surface area contributed by atoms with Gasteiger partial charge in [0.2, 0.25) is 5.88 Å². The smallest absolute Gasteiger partial charge is 0.320 e. The van der Waals surface area contributed by atoms with Gasteiger partial charge in [-0.1, -0.05) is 6.07 Å². The van der Waals surface area contributed by atoms with Crippen LogP contribution in [0.2, 0.25) is 0 Å². The average molecular weight is 314 g/mol. The van der Waals surface area contributed by atoms with E-state index >= 15 is 0 Å². The number of amides is 2. The number of piperidine rings is 1. The van der Waals surface area contributed by atoms with Crippen LogP contribution in [0, 0.1) is 0 Å². The van der Waals surface area contributed by atoms with Crippen molar-refractivity contribution in [1.82, 2.24) is 15.2 Å². The minimum absolute atomic E-state index is 0.0531. The summed E-state index contributed by atoms with van der Waals surface area (Å²) in [6.45, 7) is 1.17. The lowest BCUT2D eigenvalue weighted by atomic mass is 10.1. The third-order valence-electron chi connectivity index (χ3n) is 3.38. The molecule has 1 aromatic rings. The van der Waals surface area contributed by atoms with Gasteiger partial charge in [0, 0.05) is 12.1 Å². The number of nitrogens with one attached hydrogen (secondary N) is 2. The molecule has 2 N–H and O–H groups in total. The van der Waals surface area contributed by atoms with Crippen LogP contribution < -0.4 is 15.4 Å². The highest BCUT2D eigenvalue weighted by Crippen LogP contribution is 2.13. The van der Waals surface area contributed by atoms with Crippen LogP contribution in [0.1, 0.15) is 12.8 Å². The van der Waals surface area contributed by atoms with Crippen LogP contribution in [-0.2, 0) is 0 Å². The highest BCUT2D eigenvalue weighted by molar-refractivity contribution is 5.88. The predicted molar refractivity (Wildman–Crippen MR) is 78.4 cm³/mol. The lowest BCUT2D eigenvalue weighted by molar-refractivity contribution is 0.0796. The molecule has 6 nitrogen and oxygen atoms in total. The number of rotatable bonds is 5. The molecule has 1 fully saturated rings. The molecular weight excluding hydrogens is 294 g/mol. The van der Waals surface area contributed by atoms with E-state index < -0.39 is 13.0 Å².